The second kappa shape index (κ2) is 4.09. The molecule has 2 rings (SSSR count). The van der Waals surface area contributed by atoms with Crippen molar-refractivity contribution in [2.24, 2.45) is 0 Å². The fraction of sp³-hybridized carbons (Fsp3) is 0.455. The van der Waals surface area contributed by atoms with Gasteiger partial charge in [-0.1, -0.05) is 13.5 Å². The molecule has 1 aromatic heterocycles. The lowest BCUT2D eigenvalue weighted by molar-refractivity contribution is 0.00863. The molecule has 1 fully saturated rings. The SMILES string of the molecule is C=C1C[C@@H](CC)O[C@H]1n1ccc(N)nc1=O. The first-order chi connectivity index (χ1) is 7.61. The summed E-state index contributed by atoms with van der Waals surface area (Å²) in [4.78, 5) is 15.3. The summed E-state index contributed by atoms with van der Waals surface area (Å²) in [7, 11) is 0. The maximum absolute atomic E-state index is 11.6. The molecule has 5 heteroatoms. The molecule has 0 aliphatic carbocycles. The average Bonchev–Trinajstić information content (AvgIpc) is 2.60. The Morgan fingerprint density at radius 1 is 1.75 bits per heavy atom. The summed E-state index contributed by atoms with van der Waals surface area (Å²) in [5.74, 6) is 0.219. The van der Waals surface area contributed by atoms with E-state index in [0.717, 1.165) is 18.4 Å². The van der Waals surface area contributed by atoms with Gasteiger partial charge in [0.15, 0.2) is 6.23 Å². The fourth-order valence-corrected chi connectivity index (χ4v) is 1.83. The van der Waals surface area contributed by atoms with Gasteiger partial charge in [-0.15, -0.1) is 0 Å². The minimum Gasteiger partial charge on any atom is -0.383 e. The van der Waals surface area contributed by atoms with E-state index < -0.39 is 11.9 Å². The minimum absolute atomic E-state index is 0.141. The van der Waals surface area contributed by atoms with Gasteiger partial charge < -0.3 is 10.5 Å². The van der Waals surface area contributed by atoms with Crippen LogP contribution in [0.25, 0.3) is 0 Å². The van der Waals surface area contributed by atoms with Crippen molar-refractivity contribution in [3.63, 3.8) is 0 Å². The lowest BCUT2D eigenvalue weighted by atomic mass is 10.1. The molecule has 1 saturated heterocycles. The van der Waals surface area contributed by atoms with Crippen LogP contribution in [-0.2, 0) is 4.74 Å². The van der Waals surface area contributed by atoms with Crippen molar-refractivity contribution in [1.29, 1.82) is 0 Å². The van der Waals surface area contributed by atoms with Crippen LogP contribution < -0.4 is 11.4 Å². The maximum atomic E-state index is 11.6. The fourth-order valence-electron chi connectivity index (χ4n) is 1.83. The van der Waals surface area contributed by atoms with Crippen LogP contribution in [0.4, 0.5) is 5.82 Å². The maximum Gasteiger partial charge on any atom is 0.351 e. The summed E-state index contributed by atoms with van der Waals surface area (Å²) in [5.41, 5.74) is 5.93. The minimum atomic E-state index is -0.400. The van der Waals surface area contributed by atoms with Crippen LogP contribution in [0.3, 0.4) is 0 Å². The summed E-state index contributed by atoms with van der Waals surface area (Å²) in [5, 5.41) is 0. The molecule has 0 radical (unpaired) electrons. The third-order valence-electron chi connectivity index (χ3n) is 2.72. The number of nitrogens with two attached hydrogens (primary N) is 1. The molecule has 2 heterocycles. The Labute approximate surface area is 93.6 Å². The van der Waals surface area contributed by atoms with Crippen LogP contribution in [-0.4, -0.2) is 15.7 Å². The van der Waals surface area contributed by atoms with Crippen LogP contribution >= 0.6 is 0 Å². The van der Waals surface area contributed by atoms with Crippen LogP contribution in [0.15, 0.2) is 29.2 Å². The molecule has 2 atom stereocenters. The highest BCUT2D eigenvalue weighted by atomic mass is 16.5. The van der Waals surface area contributed by atoms with Crippen LogP contribution in [0.1, 0.15) is 26.0 Å². The van der Waals surface area contributed by atoms with Gasteiger partial charge in [0, 0.05) is 6.20 Å². The predicted octanol–water partition coefficient (Wildman–Crippen LogP) is 1.08. The Kier molecular flexibility index (Phi) is 2.78. The Balaban J connectivity index is 2.31. The lowest BCUT2D eigenvalue weighted by Crippen LogP contribution is -2.27. The normalized spacial score (nSPS) is 24.9. The van der Waals surface area contributed by atoms with Gasteiger partial charge in [0.25, 0.3) is 0 Å². The van der Waals surface area contributed by atoms with Crippen molar-refractivity contribution in [1.82, 2.24) is 9.55 Å². The third kappa shape index (κ3) is 1.86. The number of rotatable bonds is 2. The van der Waals surface area contributed by atoms with E-state index in [-0.39, 0.29) is 11.9 Å². The van der Waals surface area contributed by atoms with E-state index in [0.29, 0.717) is 0 Å². The van der Waals surface area contributed by atoms with E-state index in [2.05, 4.69) is 11.6 Å². The van der Waals surface area contributed by atoms with E-state index in [1.807, 2.05) is 6.92 Å². The van der Waals surface area contributed by atoms with Gasteiger partial charge in [-0.3, -0.25) is 4.57 Å². The zero-order valence-corrected chi connectivity index (χ0v) is 9.22. The molecule has 5 nitrogen and oxygen atoms in total. The Bertz CT molecular complexity index is 467. The highest BCUT2D eigenvalue weighted by Crippen LogP contribution is 2.32. The second-order valence-corrected chi connectivity index (χ2v) is 3.92. The molecule has 0 saturated carbocycles. The molecule has 1 aromatic rings. The number of anilines is 1. The number of hydrogen-bond donors (Lipinski definition) is 1. The molecule has 0 spiro atoms. The van der Waals surface area contributed by atoms with Crippen LogP contribution in [0.5, 0.6) is 0 Å². The molecule has 1 aliphatic rings. The van der Waals surface area contributed by atoms with Gasteiger partial charge in [0.1, 0.15) is 5.82 Å². The van der Waals surface area contributed by atoms with Crippen molar-refractivity contribution in [2.75, 3.05) is 5.73 Å². The van der Waals surface area contributed by atoms with Gasteiger partial charge in [0.2, 0.25) is 0 Å². The van der Waals surface area contributed by atoms with Crippen molar-refractivity contribution >= 4 is 5.82 Å². The number of ether oxygens (including phenoxy) is 1. The number of aromatic nitrogens is 2. The molecule has 16 heavy (non-hydrogen) atoms. The van der Waals surface area contributed by atoms with E-state index in [4.69, 9.17) is 10.5 Å². The topological polar surface area (TPSA) is 70.1 Å². The Morgan fingerprint density at radius 2 is 2.50 bits per heavy atom. The summed E-state index contributed by atoms with van der Waals surface area (Å²) in [6.45, 7) is 5.98. The number of nitrogens with zero attached hydrogens (tertiary/aromatic N) is 2. The van der Waals surface area contributed by atoms with Gasteiger partial charge in [0.05, 0.1) is 6.10 Å². The van der Waals surface area contributed by atoms with Gasteiger partial charge in [-0.05, 0) is 24.5 Å². The molecular weight excluding hydrogens is 206 g/mol. The standard InChI is InChI=1S/C11H15N3O2/c1-3-8-6-7(2)10(16-8)14-5-4-9(12)13-11(14)15/h4-5,8,10H,2-3,6H2,1H3,(H2,12,13,15)/t8-,10-/m1/s1. The number of nitrogen functional groups attached to an aromatic ring is 1. The second-order valence-electron chi connectivity index (χ2n) is 3.92. The summed E-state index contributed by atoms with van der Waals surface area (Å²) in [6, 6.07) is 1.58. The van der Waals surface area contributed by atoms with E-state index in [1.165, 1.54) is 4.57 Å². The molecule has 86 valence electrons. The number of hydrogen-bond acceptors (Lipinski definition) is 4. The lowest BCUT2D eigenvalue weighted by Gasteiger charge is -2.15. The zero-order chi connectivity index (χ0) is 11.7. The molecule has 2 N–H and O–H groups in total. The van der Waals surface area contributed by atoms with Crippen LogP contribution in [0, 0.1) is 0 Å². The monoisotopic (exact) mass is 221 g/mol. The molecule has 0 bridgehead atoms. The van der Waals surface area contributed by atoms with Crippen molar-refractivity contribution in [2.45, 2.75) is 32.1 Å². The Morgan fingerprint density at radius 3 is 3.06 bits per heavy atom. The zero-order valence-electron chi connectivity index (χ0n) is 9.22. The van der Waals surface area contributed by atoms with Gasteiger partial charge >= 0.3 is 5.69 Å². The average molecular weight is 221 g/mol. The van der Waals surface area contributed by atoms with Crippen molar-refractivity contribution < 1.29 is 4.74 Å². The van der Waals surface area contributed by atoms with E-state index >= 15 is 0 Å². The molecule has 1 aliphatic heterocycles. The van der Waals surface area contributed by atoms with Gasteiger partial charge in [-0.2, -0.15) is 4.98 Å². The predicted molar refractivity (Wildman–Crippen MR) is 60.9 cm³/mol. The van der Waals surface area contributed by atoms with Crippen molar-refractivity contribution in [3.8, 4) is 0 Å². The molecule has 0 aromatic carbocycles. The first-order valence-corrected chi connectivity index (χ1v) is 5.29. The molecule has 0 amide bonds. The van der Waals surface area contributed by atoms with Crippen LogP contribution in [0.2, 0.25) is 0 Å². The van der Waals surface area contributed by atoms with Gasteiger partial charge in [-0.25, -0.2) is 4.79 Å². The van der Waals surface area contributed by atoms with E-state index in [1.54, 1.807) is 12.3 Å². The third-order valence-corrected chi connectivity index (χ3v) is 2.72. The van der Waals surface area contributed by atoms with E-state index in [9.17, 15) is 4.79 Å². The van der Waals surface area contributed by atoms with Crippen molar-refractivity contribution in [3.05, 3.63) is 34.9 Å². The smallest absolute Gasteiger partial charge is 0.351 e. The summed E-state index contributed by atoms with van der Waals surface area (Å²) in [6.07, 6.45) is 3.04. The Hall–Kier alpha value is -1.62. The summed E-state index contributed by atoms with van der Waals surface area (Å²) < 4.78 is 7.14. The molecule has 0 unspecified atom stereocenters. The first-order valence-electron chi connectivity index (χ1n) is 5.29. The largest absolute Gasteiger partial charge is 0.383 e. The first kappa shape index (κ1) is 10.9. The quantitative estimate of drug-likeness (QED) is 0.758. The highest BCUT2D eigenvalue weighted by molar-refractivity contribution is 5.24. The molecular formula is C11H15N3O2. The summed E-state index contributed by atoms with van der Waals surface area (Å²) >= 11 is 0. The highest BCUT2D eigenvalue weighted by Gasteiger charge is 2.29.